The molecule has 3 rings (SSSR count). The third-order valence-corrected chi connectivity index (χ3v) is 4.94. The minimum atomic E-state index is -0.672. The number of hydrogen-bond donors (Lipinski definition) is 2. The summed E-state index contributed by atoms with van der Waals surface area (Å²) >= 11 is 1.37. The molecule has 0 fully saturated rings. The van der Waals surface area contributed by atoms with Crippen LogP contribution in [0.15, 0.2) is 30.3 Å². The number of carbonyl (C=O) groups is 3. The van der Waals surface area contributed by atoms with Crippen molar-refractivity contribution in [2.24, 2.45) is 0 Å². The first-order valence-corrected chi connectivity index (χ1v) is 8.30. The summed E-state index contributed by atoms with van der Waals surface area (Å²) < 4.78 is 4.98. The van der Waals surface area contributed by atoms with Crippen molar-refractivity contribution >= 4 is 29.2 Å². The Morgan fingerprint density at radius 1 is 1.17 bits per heavy atom. The Morgan fingerprint density at radius 3 is 2.71 bits per heavy atom. The molecule has 0 unspecified atom stereocenters. The number of hydrogen-bond acceptors (Lipinski definition) is 5. The minimum absolute atomic E-state index is 0.462. The Kier molecular flexibility index (Phi) is 4.61. The van der Waals surface area contributed by atoms with Gasteiger partial charge in [-0.3, -0.25) is 10.1 Å². The first kappa shape index (κ1) is 16.2. The predicted octanol–water partition coefficient (Wildman–Crippen LogP) is 2.13. The molecular formula is C17H16N2O4S. The molecule has 1 aromatic carbocycles. The van der Waals surface area contributed by atoms with E-state index in [0.717, 1.165) is 28.8 Å². The SMILES string of the molecule is CNC(=O)NC(=O)COC(=O)c1cc2c(s1)-c1ccccc1CC2. The van der Waals surface area contributed by atoms with E-state index in [-0.39, 0.29) is 0 Å². The second-order valence-corrected chi connectivity index (χ2v) is 6.38. The van der Waals surface area contributed by atoms with E-state index in [1.165, 1.54) is 23.9 Å². The van der Waals surface area contributed by atoms with E-state index in [9.17, 15) is 14.4 Å². The van der Waals surface area contributed by atoms with Crippen molar-refractivity contribution in [3.05, 3.63) is 46.3 Å². The molecule has 0 spiro atoms. The van der Waals surface area contributed by atoms with Gasteiger partial charge in [-0.2, -0.15) is 0 Å². The molecule has 7 heteroatoms. The standard InChI is InChI=1S/C17H16N2O4S/c1-18-17(22)19-14(20)9-23-16(21)13-8-11-7-6-10-4-2-3-5-12(10)15(11)24-13/h2-5,8H,6-7,9H2,1H3,(H2,18,19,20,22). The number of ether oxygens (including phenoxy) is 1. The molecule has 0 radical (unpaired) electrons. The van der Waals surface area contributed by atoms with Crippen LogP contribution in [0.5, 0.6) is 0 Å². The minimum Gasteiger partial charge on any atom is -0.451 e. The van der Waals surface area contributed by atoms with Gasteiger partial charge < -0.3 is 10.1 Å². The molecule has 1 aromatic heterocycles. The van der Waals surface area contributed by atoms with Gasteiger partial charge in [0, 0.05) is 11.9 Å². The van der Waals surface area contributed by atoms with Crippen LogP contribution in [0.4, 0.5) is 4.79 Å². The summed E-state index contributed by atoms with van der Waals surface area (Å²) in [6, 6.07) is 9.33. The molecule has 0 saturated carbocycles. The average molecular weight is 344 g/mol. The third kappa shape index (κ3) is 3.30. The maximum atomic E-state index is 12.1. The molecule has 0 atom stereocenters. The van der Waals surface area contributed by atoms with Crippen molar-refractivity contribution in [3.8, 4) is 10.4 Å². The van der Waals surface area contributed by atoms with Crippen LogP contribution in [0.3, 0.4) is 0 Å². The Balaban J connectivity index is 1.69. The summed E-state index contributed by atoms with van der Waals surface area (Å²) in [7, 11) is 1.39. The second kappa shape index (κ2) is 6.84. The quantitative estimate of drug-likeness (QED) is 0.836. The van der Waals surface area contributed by atoms with Gasteiger partial charge in [-0.05, 0) is 35.6 Å². The molecule has 3 amide bonds. The van der Waals surface area contributed by atoms with Crippen molar-refractivity contribution in [1.29, 1.82) is 0 Å². The summed E-state index contributed by atoms with van der Waals surface area (Å²) in [6.45, 7) is -0.495. The van der Waals surface area contributed by atoms with Gasteiger partial charge in [0.05, 0.1) is 0 Å². The lowest BCUT2D eigenvalue weighted by Gasteiger charge is -2.15. The zero-order valence-electron chi connectivity index (χ0n) is 13.0. The summed E-state index contributed by atoms with van der Waals surface area (Å²) in [5, 5.41) is 4.28. The van der Waals surface area contributed by atoms with Crippen LogP contribution in [-0.2, 0) is 22.4 Å². The summed E-state index contributed by atoms with van der Waals surface area (Å²) in [4.78, 5) is 36.2. The van der Waals surface area contributed by atoms with E-state index in [4.69, 9.17) is 4.74 Å². The molecule has 1 heterocycles. The summed E-state index contributed by atoms with van der Waals surface area (Å²) in [6.07, 6.45) is 1.83. The second-order valence-electron chi connectivity index (χ2n) is 5.33. The number of carbonyl (C=O) groups excluding carboxylic acids is 3. The predicted molar refractivity (Wildman–Crippen MR) is 90.0 cm³/mol. The molecule has 0 saturated heterocycles. The first-order chi connectivity index (χ1) is 11.6. The Hall–Kier alpha value is -2.67. The summed E-state index contributed by atoms with van der Waals surface area (Å²) in [5.74, 6) is -1.23. The third-order valence-electron chi connectivity index (χ3n) is 3.75. The number of urea groups is 1. The van der Waals surface area contributed by atoms with E-state index in [0.29, 0.717) is 4.88 Å². The van der Waals surface area contributed by atoms with Gasteiger partial charge >= 0.3 is 12.0 Å². The highest BCUT2D eigenvalue weighted by Gasteiger charge is 2.22. The zero-order chi connectivity index (χ0) is 17.1. The molecule has 6 nitrogen and oxygen atoms in total. The van der Waals surface area contributed by atoms with Crippen molar-refractivity contribution in [3.63, 3.8) is 0 Å². The molecule has 24 heavy (non-hydrogen) atoms. The van der Waals surface area contributed by atoms with E-state index in [1.54, 1.807) is 0 Å². The van der Waals surface area contributed by atoms with Crippen LogP contribution in [0, 0.1) is 0 Å². The molecule has 0 aliphatic heterocycles. The normalized spacial score (nSPS) is 11.9. The van der Waals surface area contributed by atoms with Crippen molar-refractivity contribution < 1.29 is 19.1 Å². The van der Waals surface area contributed by atoms with Crippen LogP contribution < -0.4 is 10.6 Å². The maximum absolute atomic E-state index is 12.1. The number of thiophene rings is 1. The fraction of sp³-hybridized carbons (Fsp3) is 0.235. The number of benzene rings is 1. The zero-order valence-corrected chi connectivity index (χ0v) is 13.9. The number of nitrogens with one attached hydrogen (secondary N) is 2. The lowest BCUT2D eigenvalue weighted by atomic mass is 9.91. The molecule has 2 aromatic rings. The molecule has 1 aliphatic carbocycles. The molecule has 0 bridgehead atoms. The van der Waals surface area contributed by atoms with E-state index in [2.05, 4.69) is 17.4 Å². The van der Waals surface area contributed by atoms with E-state index >= 15 is 0 Å². The average Bonchev–Trinajstić information content (AvgIpc) is 3.04. The Morgan fingerprint density at radius 2 is 1.92 bits per heavy atom. The van der Waals surface area contributed by atoms with E-state index < -0.39 is 24.5 Å². The van der Waals surface area contributed by atoms with Crippen LogP contribution >= 0.6 is 11.3 Å². The van der Waals surface area contributed by atoms with Crippen LogP contribution in [0.2, 0.25) is 0 Å². The topological polar surface area (TPSA) is 84.5 Å². The van der Waals surface area contributed by atoms with Crippen LogP contribution in [0.25, 0.3) is 10.4 Å². The molecule has 2 N–H and O–H groups in total. The Labute approximate surface area is 142 Å². The van der Waals surface area contributed by atoms with Gasteiger partial charge in [0.25, 0.3) is 5.91 Å². The number of esters is 1. The number of rotatable bonds is 3. The van der Waals surface area contributed by atoms with Gasteiger partial charge in [-0.1, -0.05) is 24.3 Å². The number of imide groups is 1. The lowest BCUT2D eigenvalue weighted by Crippen LogP contribution is -2.39. The van der Waals surface area contributed by atoms with Crippen LogP contribution in [0.1, 0.15) is 20.8 Å². The first-order valence-electron chi connectivity index (χ1n) is 7.48. The highest BCUT2D eigenvalue weighted by molar-refractivity contribution is 7.17. The van der Waals surface area contributed by atoms with Gasteiger partial charge in [0.15, 0.2) is 6.61 Å². The van der Waals surface area contributed by atoms with Gasteiger partial charge in [-0.25, -0.2) is 9.59 Å². The van der Waals surface area contributed by atoms with Crippen molar-refractivity contribution in [2.75, 3.05) is 13.7 Å². The smallest absolute Gasteiger partial charge is 0.348 e. The fourth-order valence-electron chi connectivity index (χ4n) is 2.60. The van der Waals surface area contributed by atoms with Gasteiger partial charge in [0.2, 0.25) is 0 Å². The highest BCUT2D eigenvalue weighted by atomic mass is 32.1. The van der Waals surface area contributed by atoms with E-state index in [1.807, 2.05) is 23.5 Å². The highest BCUT2D eigenvalue weighted by Crippen LogP contribution is 2.39. The maximum Gasteiger partial charge on any atom is 0.348 e. The number of fused-ring (bicyclic) bond motifs is 3. The van der Waals surface area contributed by atoms with Crippen molar-refractivity contribution in [1.82, 2.24) is 10.6 Å². The largest absolute Gasteiger partial charge is 0.451 e. The lowest BCUT2D eigenvalue weighted by molar-refractivity contribution is -0.123. The molecule has 124 valence electrons. The Bertz CT molecular complexity index is 813. The fourth-order valence-corrected chi connectivity index (χ4v) is 3.76. The van der Waals surface area contributed by atoms with Crippen LogP contribution in [-0.4, -0.2) is 31.6 Å². The number of aryl methyl sites for hydroxylation is 2. The van der Waals surface area contributed by atoms with Gasteiger partial charge in [0.1, 0.15) is 4.88 Å². The number of amides is 3. The monoisotopic (exact) mass is 344 g/mol. The summed E-state index contributed by atoms with van der Waals surface area (Å²) in [5.41, 5.74) is 3.55. The van der Waals surface area contributed by atoms with Crippen molar-refractivity contribution in [2.45, 2.75) is 12.8 Å². The molecule has 1 aliphatic rings. The van der Waals surface area contributed by atoms with Gasteiger partial charge in [-0.15, -0.1) is 11.3 Å². The molecular weight excluding hydrogens is 328 g/mol.